The number of alkyl halides is 3. The Labute approximate surface area is 126 Å². The van der Waals surface area contributed by atoms with Crippen molar-refractivity contribution >= 4 is 0 Å². The molecule has 21 heavy (non-hydrogen) atoms. The van der Waals surface area contributed by atoms with Crippen molar-refractivity contribution in [1.82, 2.24) is 0 Å². The van der Waals surface area contributed by atoms with E-state index in [1.165, 1.54) is 0 Å². The van der Waals surface area contributed by atoms with Crippen molar-refractivity contribution in [3.05, 3.63) is 0 Å². The summed E-state index contributed by atoms with van der Waals surface area (Å²) in [6.45, 7) is 15.8. The number of hydrogen-bond acceptors (Lipinski definition) is 2. The van der Waals surface area contributed by atoms with Gasteiger partial charge in [0, 0.05) is 5.41 Å². The molecule has 126 valence electrons. The Kier molecular flexibility index (Phi) is 4.83. The van der Waals surface area contributed by atoms with E-state index in [0.29, 0.717) is 0 Å². The minimum atomic E-state index is -4.35. The second kappa shape index (κ2) is 5.41. The van der Waals surface area contributed by atoms with Crippen molar-refractivity contribution in [2.24, 2.45) is 16.2 Å². The van der Waals surface area contributed by atoms with Crippen molar-refractivity contribution < 1.29 is 22.6 Å². The van der Waals surface area contributed by atoms with Crippen LogP contribution in [0.3, 0.4) is 0 Å². The summed E-state index contributed by atoms with van der Waals surface area (Å²) < 4.78 is 48.3. The lowest BCUT2D eigenvalue weighted by atomic mass is 9.59. The fraction of sp³-hybridized carbons (Fsp3) is 1.00. The molecule has 5 heteroatoms. The van der Waals surface area contributed by atoms with E-state index in [9.17, 15) is 13.2 Å². The van der Waals surface area contributed by atoms with Crippen LogP contribution in [0.4, 0.5) is 13.2 Å². The maximum atomic E-state index is 12.6. The molecular weight excluding hydrogens is 281 g/mol. The normalized spacial score (nSPS) is 28.1. The van der Waals surface area contributed by atoms with Crippen LogP contribution < -0.4 is 0 Å². The highest BCUT2D eigenvalue weighted by atomic mass is 19.4. The molecule has 1 saturated heterocycles. The highest BCUT2D eigenvalue weighted by molar-refractivity contribution is 5.02. The van der Waals surface area contributed by atoms with Crippen LogP contribution >= 0.6 is 0 Å². The summed E-state index contributed by atoms with van der Waals surface area (Å²) in [5.41, 5.74) is -0.278. The third-order valence-corrected chi connectivity index (χ3v) is 4.49. The predicted molar refractivity (Wildman–Crippen MR) is 76.9 cm³/mol. The summed E-state index contributed by atoms with van der Waals surface area (Å²) in [4.78, 5) is 0. The van der Waals surface area contributed by atoms with Crippen molar-refractivity contribution in [3.8, 4) is 0 Å². The molecule has 1 aliphatic rings. The van der Waals surface area contributed by atoms with Gasteiger partial charge in [0.2, 0.25) is 0 Å². The van der Waals surface area contributed by atoms with Crippen LogP contribution in [0.5, 0.6) is 0 Å². The molecule has 0 aliphatic carbocycles. The van der Waals surface area contributed by atoms with Gasteiger partial charge in [-0.25, -0.2) is 0 Å². The third kappa shape index (κ3) is 4.59. The molecule has 2 nitrogen and oxygen atoms in total. The van der Waals surface area contributed by atoms with E-state index in [0.717, 1.165) is 13.3 Å². The molecule has 0 N–H and O–H groups in total. The molecule has 0 saturated carbocycles. The van der Waals surface area contributed by atoms with Gasteiger partial charge in [-0.2, -0.15) is 13.2 Å². The monoisotopic (exact) mass is 310 g/mol. The number of epoxide rings is 1. The summed E-state index contributed by atoms with van der Waals surface area (Å²) in [5, 5.41) is 0. The molecule has 0 aromatic rings. The lowest BCUT2D eigenvalue weighted by Crippen LogP contribution is -2.42. The lowest BCUT2D eigenvalue weighted by molar-refractivity contribution is -0.225. The van der Waals surface area contributed by atoms with Gasteiger partial charge < -0.3 is 9.47 Å². The van der Waals surface area contributed by atoms with Gasteiger partial charge >= 0.3 is 6.18 Å². The maximum absolute atomic E-state index is 12.6. The first-order chi connectivity index (χ1) is 9.08. The molecule has 0 amide bonds. The topological polar surface area (TPSA) is 21.8 Å². The first-order valence-corrected chi connectivity index (χ1v) is 7.45. The standard InChI is InChI=1S/C16H29F3O2/c1-10(16(17,18)19)20-12-11(21-12)15(8,14(5,6)7)9-13(2,3)4/h10-12H,9H2,1-8H3. The summed E-state index contributed by atoms with van der Waals surface area (Å²) in [6, 6.07) is 0. The van der Waals surface area contributed by atoms with E-state index in [-0.39, 0.29) is 22.3 Å². The molecule has 1 heterocycles. The van der Waals surface area contributed by atoms with E-state index < -0.39 is 18.6 Å². The van der Waals surface area contributed by atoms with Crippen LogP contribution in [-0.4, -0.2) is 24.7 Å². The van der Waals surface area contributed by atoms with Crippen molar-refractivity contribution in [2.75, 3.05) is 0 Å². The molecule has 4 unspecified atom stereocenters. The Morgan fingerprint density at radius 2 is 1.48 bits per heavy atom. The Bertz CT molecular complexity index is 365. The van der Waals surface area contributed by atoms with Crippen LogP contribution in [0.25, 0.3) is 0 Å². The SMILES string of the molecule is CC(OC1OC1C(C)(CC(C)(C)C)C(C)(C)C)C(F)(F)F. The van der Waals surface area contributed by atoms with Crippen LogP contribution in [0.15, 0.2) is 0 Å². The maximum Gasteiger partial charge on any atom is 0.414 e. The number of ether oxygens (including phenoxy) is 2. The molecule has 0 aromatic carbocycles. The van der Waals surface area contributed by atoms with E-state index in [2.05, 4.69) is 48.5 Å². The van der Waals surface area contributed by atoms with Crippen LogP contribution in [-0.2, 0) is 9.47 Å². The van der Waals surface area contributed by atoms with E-state index in [1.807, 2.05) is 0 Å². The fourth-order valence-electron chi connectivity index (χ4n) is 2.83. The highest BCUT2D eigenvalue weighted by Crippen LogP contribution is 2.56. The van der Waals surface area contributed by atoms with E-state index in [4.69, 9.17) is 9.47 Å². The van der Waals surface area contributed by atoms with Gasteiger partial charge in [-0.15, -0.1) is 0 Å². The van der Waals surface area contributed by atoms with Gasteiger partial charge in [-0.3, -0.25) is 0 Å². The quantitative estimate of drug-likeness (QED) is 0.668. The molecule has 4 atom stereocenters. The second-order valence-corrected chi connectivity index (χ2v) is 8.65. The van der Waals surface area contributed by atoms with Gasteiger partial charge in [0.05, 0.1) is 0 Å². The predicted octanol–water partition coefficient (Wildman–Crippen LogP) is 5.17. The molecule has 0 aromatic heterocycles. The Morgan fingerprint density at radius 1 is 1.00 bits per heavy atom. The van der Waals surface area contributed by atoms with E-state index in [1.54, 1.807) is 0 Å². The Hall–Kier alpha value is -0.290. The van der Waals surface area contributed by atoms with Crippen molar-refractivity contribution in [2.45, 2.75) is 86.5 Å². The fourth-order valence-corrected chi connectivity index (χ4v) is 2.83. The van der Waals surface area contributed by atoms with Crippen molar-refractivity contribution in [3.63, 3.8) is 0 Å². The first-order valence-electron chi connectivity index (χ1n) is 7.45. The average molecular weight is 310 g/mol. The molecule has 1 fully saturated rings. The lowest BCUT2D eigenvalue weighted by Gasteiger charge is -2.45. The van der Waals surface area contributed by atoms with Gasteiger partial charge in [0.25, 0.3) is 0 Å². The minimum absolute atomic E-state index is 0.0637. The third-order valence-electron chi connectivity index (χ3n) is 4.49. The number of rotatable bonds is 4. The Balaban J connectivity index is 2.82. The zero-order valence-corrected chi connectivity index (χ0v) is 14.4. The molecule has 0 radical (unpaired) electrons. The number of hydrogen-bond donors (Lipinski definition) is 0. The van der Waals surface area contributed by atoms with Gasteiger partial charge in [-0.1, -0.05) is 48.5 Å². The van der Waals surface area contributed by atoms with Crippen LogP contribution in [0.1, 0.15) is 61.8 Å². The second-order valence-electron chi connectivity index (χ2n) is 8.65. The summed E-state index contributed by atoms with van der Waals surface area (Å²) >= 11 is 0. The average Bonchev–Trinajstić information content (AvgIpc) is 2.91. The minimum Gasteiger partial charge on any atom is -0.341 e. The van der Waals surface area contributed by atoms with E-state index >= 15 is 0 Å². The van der Waals surface area contributed by atoms with Gasteiger partial charge in [0.1, 0.15) is 6.10 Å². The van der Waals surface area contributed by atoms with Crippen LogP contribution in [0.2, 0.25) is 0 Å². The molecular formula is C16H29F3O2. The summed E-state index contributed by atoms with van der Waals surface area (Å²) in [5.74, 6) is 0. The zero-order valence-electron chi connectivity index (χ0n) is 14.4. The summed E-state index contributed by atoms with van der Waals surface area (Å²) in [7, 11) is 0. The first kappa shape index (κ1) is 18.8. The molecule has 1 rings (SSSR count). The number of halogens is 3. The van der Waals surface area contributed by atoms with Crippen molar-refractivity contribution in [1.29, 1.82) is 0 Å². The smallest absolute Gasteiger partial charge is 0.341 e. The summed E-state index contributed by atoms with van der Waals surface area (Å²) in [6.07, 6.45) is -6.34. The molecule has 1 aliphatic heterocycles. The van der Waals surface area contributed by atoms with Gasteiger partial charge in [0.15, 0.2) is 12.4 Å². The van der Waals surface area contributed by atoms with Gasteiger partial charge in [-0.05, 0) is 24.2 Å². The Morgan fingerprint density at radius 3 is 1.81 bits per heavy atom. The van der Waals surface area contributed by atoms with Crippen LogP contribution in [0, 0.1) is 16.2 Å². The molecule has 0 bridgehead atoms. The zero-order chi connectivity index (χ0) is 16.9. The molecule has 0 spiro atoms. The highest BCUT2D eigenvalue weighted by Gasteiger charge is 2.60. The largest absolute Gasteiger partial charge is 0.414 e.